The number of benzene rings is 2. The van der Waals surface area contributed by atoms with Gasteiger partial charge in [0, 0.05) is 30.4 Å². The van der Waals surface area contributed by atoms with Gasteiger partial charge in [-0.2, -0.15) is 0 Å². The predicted octanol–water partition coefficient (Wildman–Crippen LogP) is 5.18. The quantitative estimate of drug-likeness (QED) is 0.641. The lowest BCUT2D eigenvalue weighted by Gasteiger charge is -2.26. The number of likely N-dealkylation sites (tertiary alicyclic amines) is 1. The summed E-state index contributed by atoms with van der Waals surface area (Å²) < 4.78 is 6.29. The second kappa shape index (κ2) is 8.49. The van der Waals surface area contributed by atoms with E-state index in [1.165, 1.54) is 32.4 Å². The van der Waals surface area contributed by atoms with Crippen LogP contribution in [0.1, 0.15) is 42.6 Å². The molecule has 1 aliphatic heterocycles. The Bertz CT molecular complexity index is 1120. The van der Waals surface area contributed by atoms with Crippen LogP contribution in [-0.2, 0) is 6.42 Å². The Kier molecular flexibility index (Phi) is 5.41. The lowest BCUT2D eigenvalue weighted by atomic mass is 10.1. The molecule has 154 valence electrons. The van der Waals surface area contributed by atoms with Gasteiger partial charge in [-0.05, 0) is 68.1 Å². The molecule has 3 aromatic rings. The smallest absolute Gasteiger partial charge is 0.196 e. The van der Waals surface area contributed by atoms with Crippen LogP contribution in [-0.4, -0.2) is 31.1 Å². The van der Waals surface area contributed by atoms with Gasteiger partial charge >= 0.3 is 0 Å². The van der Waals surface area contributed by atoms with E-state index in [1.54, 1.807) is 0 Å². The van der Waals surface area contributed by atoms with E-state index < -0.39 is 0 Å². The molecule has 1 aliphatic carbocycles. The molecule has 2 heterocycles. The highest BCUT2D eigenvalue weighted by Gasteiger charge is 2.24. The van der Waals surface area contributed by atoms with Gasteiger partial charge < -0.3 is 14.6 Å². The van der Waals surface area contributed by atoms with Crippen LogP contribution < -0.4 is 10.7 Å². The van der Waals surface area contributed by atoms with E-state index in [9.17, 15) is 4.79 Å². The number of nitrogens with zero attached hydrogens (tertiary/aromatic N) is 1. The van der Waals surface area contributed by atoms with Gasteiger partial charge in [-0.25, -0.2) is 0 Å². The lowest BCUT2D eigenvalue weighted by molar-refractivity contribution is 0.237. The molecule has 0 unspecified atom stereocenters. The molecule has 30 heavy (non-hydrogen) atoms. The van der Waals surface area contributed by atoms with Crippen LogP contribution in [0.15, 0.2) is 57.7 Å². The third-order valence-electron chi connectivity index (χ3n) is 6.27. The summed E-state index contributed by atoms with van der Waals surface area (Å²) in [5, 5.41) is 4.18. The molecule has 1 N–H and O–H groups in total. The zero-order chi connectivity index (χ0) is 20.3. The van der Waals surface area contributed by atoms with Crippen molar-refractivity contribution in [2.45, 2.75) is 32.1 Å². The third kappa shape index (κ3) is 3.92. The van der Waals surface area contributed by atoms with E-state index in [-0.39, 0.29) is 5.43 Å². The Morgan fingerprint density at radius 2 is 1.83 bits per heavy atom. The maximum atomic E-state index is 13.0. The zero-order valence-corrected chi connectivity index (χ0v) is 17.3. The summed E-state index contributed by atoms with van der Waals surface area (Å²) >= 11 is 0. The minimum Gasteiger partial charge on any atom is -0.456 e. The van der Waals surface area contributed by atoms with Crippen LogP contribution >= 0.6 is 0 Å². The first-order chi connectivity index (χ1) is 14.8. The first kappa shape index (κ1) is 19.1. The van der Waals surface area contributed by atoms with E-state index in [1.807, 2.05) is 36.4 Å². The van der Waals surface area contributed by atoms with Crippen LogP contribution in [0.2, 0.25) is 0 Å². The van der Waals surface area contributed by atoms with Gasteiger partial charge in [-0.3, -0.25) is 4.79 Å². The van der Waals surface area contributed by atoms with Crippen molar-refractivity contribution in [2.75, 3.05) is 31.5 Å². The minimum atomic E-state index is 0.113. The fourth-order valence-corrected chi connectivity index (χ4v) is 4.63. The Morgan fingerprint density at radius 1 is 1.00 bits per heavy atom. The number of rotatable bonds is 5. The van der Waals surface area contributed by atoms with Crippen molar-refractivity contribution in [1.82, 2.24) is 4.90 Å². The minimum absolute atomic E-state index is 0.113. The van der Waals surface area contributed by atoms with Gasteiger partial charge in [-0.15, -0.1) is 0 Å². The van der Waals surface area contributed by atoms with Gasteiger partial charge in [0.2, 0.25) is 0 Å². The van der Waals surface area contributed by atoms with Gasteiger partial charge in [0.25, 0.3) is 0 Å². The molecule has 1 aromatic heterocycles. The first-order valence-corrected chi connectivity index (χ1v) is 11.1. The van der Waals surface area contributed by atoms with Crippen molar-refractivity contribution in [1.29, 1.82) is 0 Å². The molecule has 0 spiro atoms. The molecule has 0 atom stereocenters. The summed E-state index contributed by atoms with van der Waals surface area (Å²) in [6.45, 7) is 4.36. The monoisotopic (exact) mass is 400 g/mol. The highest BCUT2D eigenvalue weighted by Crippen LogP contribution is 2.34. The van der Waals surface area contributed by atoms with E-state index >= 15 is 0 Å². The molecule has 4 nitrogen and oxygen atoms in total. The number of anilines is 1. The fourth-order valence-electron chi connectivity index (χ4n) is 4.63. The number of fused-ring (bicyclic) bond motifs is 2. The number of allylic oxidation sites excluding steroid dienone is 1. The van der Waals surface area contributed by atoms with Crippen molar-refractivity contribution >= 4 is 28.3 Å². The lowest BCUT2D eigenvalue weighted by Crippen LogP contribution is -2.33. The van der Waals surface area contributed by atoms with Crippen molar-refractivity contribution in [3.8, 4) is 0 Å². The van der Waals surface area contributed by atoms with Crippen LogP contribution in [0.3, 0.4) is 0 Å². The Hall–Kier alpha value is -2.85. The summed E-state index contributed by atoms with van der Waals surface area (Å²) in [5.41, 5.74) is 4.85. The SMILES string of the molecule is O=c1c2c(oc3cc(NCCN4CCCCC4)ccc13)C(=Cc1ccccc1)CC2. The van der Waals surface area contributed by atoms with Crippen molar-refractivity contribution in [2.24, 2.45) is 0 Å². The Balaban J connectivity index is 1.39. The average molecular weight is 401 g/mol. The predicted molar refractivity (Wildman–Crippen MR) is 124 cm³/mol. The maximum Gasteiger partial charge on any atom is 0.196 e. The fraction of sp³-hybridized carbons (Fsp3) is 0.346. The van der Waals surface area contributed by atoms with Crippen molar-refractivity contribution in [3.63, 3.8) is 0 Å². The molecular formula is C26H28N2O2. The third-order valence-corrected chi connectivity index (χ3v) is 6.27. The largest absolute Gasteiger partial charge is 0.456 e. The van der Waals surface area contributed by atoms with E-state index in [0.717, 1.165) is 54.1 Å². The topological polar surface area (TPSA) is 45.5 Å². The standard InChI is InChI=1S/C26H28N2O2/c29-25-22-12-10-21(27-13-16-28-14-5-2-6-15-28)18-24(22)30-26-20(9-11-23(25)26)17-19-7-3-1-4-8-19/h1,3-4,7-8,10,12,17-18,27H,2,5-6,9,11,13-16H2. The number of hydrogen-bond donors (Lipinski definition) is 1. The molecule has 5 rings (SSSR count). The van der Waals surface area contributed by atoms with Crippen molar-refractivity contribution < 1.29 is 4.42 Å². The molecule has 4 heteroatoms. The molecule has 2 aliphatic rings. The van der Waals surface area contributed by atoms with E-state index in [4.69, 9.17) is 4.42 Å². The second-order valence-corrected chi connectivity index (χ2v) is 8.36. The first-order valence-electron chi connectivity index (χ1n) is 11.1. The Labute approximate surface area is 177 Å². The summed E-state index contributed by atoms with van der Waals surface area (Å²) in [7, 11) is 0. The van der Waals surface area contributed by atoms with Gasteiger partial charge in [-0.1, -0.05) is 36.8 Å². The van der Waals surface area contributed by atoms with Gasteiger partial charge in [0.1, 0.15) is 11.3 Å². The van der Waals surface area contributed by atoms with Crippen molar-refractivity contribution in [3.05, 3.63) is 75.6 Å². The molecule has 1 fully saturated rings. The molecule has 0 amide bonds. The maximum absolute atomic E-state index is 13.0. The van der Waals surface area contributed by atoms with Gasteiger partial charge in [0.05, 0.1) is 5.39 Å². The molecular weight excluding hydrogens is 372 g/mol. The number of nitrogens with one attached hydrogen (secondary N) is 1. The summed E-state index contributed by atoms with van der Waals surface area (Å²) in [6.07, 6.45) is 7.72. The summed E-state index contributed by atoms with van der Waals surface area (Å²) in [6, 6.07) is 16.1. The van der Waals surface area contributed by atoms with Crippen LogP contribution in [0.5, 0.6) is 0 Å². The van der Waals surface area contributed by atoms with Crippen LogP contribution in [0.4, 0.5) is 5.69 Å². The number of piperidine rings is 1. The summed E-state index contributed by atoms with van der Waals surface area (Å²) in [5.74, 6) is 0.766. The zero-order valence-electron chi connectivity index (χ0n) is 17.3. The number of hydrogen-bond acceptors (Lipinski definition) is 4. The summed E-state index contributed by atoms with van der Waals surface area (Å²) in [4.78, 5) is 15.6. The van der Waals surface area contributed by atoms with Gasteiger partial charge in [0.15, 0.2) is 5.43 Å². The Morgan fingerprint density at radius 3 is 2.67 bits per heavy atom. The van der Waals surface area contributed by atoms with Crippen LogP contribution in [0, 0.1) is 0 Å². The van der Waals surface area contributed by atoms with E-state index in [2.05, 4.69) is 28.4 Å². The average Bonchev–Trinajstić information content (AvgIpc) is 3.18. The molecule has 0 saturated carbocycles. The highest BCUT2D eigenvalue weighted by molar-refractivity contribution is 5.88. The molecule has 1 saturated heterocycles. The molecule has 0 bridgehead atoms. The second-order valence-electron chi connectivity index (χ2n) is 8.36. The van der Waals surface area contributed by atoms with Crippen LogP contribution in [0.25, 0.3) is 22.6 Å². The van der Waals surface area contributed by atoms with E-state index in [0.29, 0.717) is 11.0 Å². The normalized spacial score (nSPS) is 18.1. The molecule has 2 aromatic carbocycles. The highest BCUT2D eigenvalue weighted by atomic mass is 16.3. The molecule has 0 radical (unpaired) electrons.